The average Bonchev–Trinajstić information content (AvgIpc) is 3.33. The van der Waals surface area contributed by atoms with Crippen LogP contribution in [0.4, 0.5) is 11.4 Å². The molecule has 5 rings (SSSR count). The van der Waals surface area contributed by atoms with E-state index in [0.29, 0.717) is 16.5 Å². The van der Waals surface area contributed by atoms with Crippen LogP contribution in [0, 0.1) is 0 Å². The smallest absolute Gasteiger partial charge is 0.300 e. The lowest BCUT2D eigenvalue weighted by atomic mass is 10.1. The van der Waals surface area contributed by atoms with Crippen molar-refractivity contribution in [1.29, 1.82) is 0 Å². The van der Waals surface area contributed by atoms with E-state index in [1.807, 2.05) is 90.8 Å². The Balaban J connectivity index is 1.42. The van der Waals surface area contributed by atoms with Crippen LogP contribution in [0.2, 0.25) is 0 Å². The number of hydrogen-bond donors (Lipinski definition) is 1. The number of carbonyl (C=O) groups excluding carboxylic acids is 1. The number of carbonyl (C=O) groups is 1. The number of para-hydroxylation sites is 1. The van der Waals surface area contributed by atoms with Crippen molar-refractivity contribution in [2.75, 3.05) is 11.9 Å². The van der Waals surface area contributed by atoms with E-state index in [4.69, 9.17) is 4.42 Å². The van der Waals surface area contributed by atoms with Gasteiger partial charge in [0.25, 0.3) is 10.0 Å². The Morgan fingerprint density at radius 2 is 1.43 bits per heavy atom. The summed E-state index contributed by atoms with van der Waals surface area (Å²) in [6, 6.07) is 32.7. The Hall–Kier alpha value is -4.36. The van der Waals surface area contributed by atoms with Crippen molar-refractivity contribution in [3.63, 3.8) is 0 Å². The van der Waals surface area contributed by atoms with Crippen LogP contribution in [0.3, 0.4) is 0 Å². The second-order valence-corrected chi connectivity index (χ2v) is 9.67. The summed E-state index contributed by atoms with van der Waals surface area (Å²) in [6.45, 7) is 0. The number of rotatable bonds is 6. The van der Waals surface area contributed by atoms with E-state index in [9.17, 15) is 13.2 Å². The number of nitrogens with zero attached hydrogens (tertiary/aromatic N) is 1. The highest BCUT2D eigenvalue weighted by molar-refractivity contribution is 7.90. The van der Waals surface area contributed by atoms with Crippen LogP contribution in [0.25, 0.3) is 22.1 Å². The molecule has 1 heterocycles. The quantitative estimate of drug-likeness (QED) is 0.322. The van der Waals surface area contributed by atoms with Gasteiger partial charge in [-0.25, -0.2) is 13.1 Å². The highest BCUT2D eigenvalue weighted by atomic mass is 32.2. The number of sulfonamides is 1. The fraction of sp³-hybridized carbons (Fsp3) is 0.0357. The molecule has 7 heteroatoms. The molecule has 0 aliphatic rings. The molecule has 0 saturated carbocycles. The second-order valence-electron chi connectivity index (χ2n) is 8.02. The van der Waals surface area contributed by atoms with Crippen LogP contribution in [0.5, 0.6) is 0 Å². The molecule has 35 heavy (non-hydrogen) atoms. The Bertz CT molecular complexity index is 1610. The lowest BCUT2D eigenvalue weighted by Gasteiger charge is -2.19. The molecular weight excluding hydrogens is 460 g/mol. The van der Waals surface area contributed by atoms with Crippen molar-refractivity contribution in [2.24, 2.45) is 0 Å². The molecule has 0 aliphatic carbocycles. The monoisotopic (exact) mass is 482 g/mol. The van der Waals surface area contributed by atoms with Crippen molar-refractivity contribution in [3.05, 3.63) is 115 Å². The van der Waals surface area contributed by atoms with Crippen LogP contribution >= 0.6 is 0 Å². The van der Waals surface area contributed by atoms with E-state index in [1.165, 1.54) is 12.1 Å². The van der Waals surface area contributed by atoms with Gasteiger partial charge in [0, 0.05) is 35.4 Å². The summed E-state index contributed by atoms with van der Waals surface area (Å²) >= 11 is 0. The molecule has 0 fully saturated rings. The summed E-state index contributed by atoms with van der Waals surface area (Å²) in [5, 5.41) is 0.697. The number of hydrogen-bond acceptors (Lipinski definition) is 5. The Morgan fingerprint density at radius 3 is 2.17 bits per heavy atom. The van der Waals surface area contributed by atoms with Crippen molar-refractivity contribution in [1.82, 2.24) is 4.72 Å². The van der Waals surface area contributed by atoms with Gasteiger partial charge in [0.15, 0.2) is 5.76 Å². The van der Waals surface area contributed by atoms with Gasteiger partial charge in [-0.1, -0.05) is 66.7 Å². The van der Waals surface area contributed by atoms with Crippen molar-refractivity contribution >= 4 is 38.3 Å². The zero-order chi connectivity index (χ0) is 24.4. The fourth-order valence-corrected chi connectivity index (χ4v) is 5.11. The molecule has 0 atom stereocenters. The van der Waals surface area contributed by atoms with Gasteiger partial charge in [-0.15, -0.1) is 0 Å². The average molecular weight is 483 g/mol. The molecule has 1 N–H and O–H groups in total. The van der Waals surface area contributed by atoms with Gasteiger partial charge in [0.2, 0.25) is 0 Å². The highest BCUT2D eigenvalue weighted by Gasteiger charge is 2.24. The topological polar surface area (TPSA) is 79.6 Å². The maximum absolute atomic E-state index is 13.1. The zero-order valence-corrected chi connectivity index (χ0v) is 19.7. The third-order valence-electron chi connectivity index (χ3n) is 5.75. The SMILES string of the molecule is CN(c1ccccc1)c1ccc2cc(C(=O)NS(=O)(=O)c3ccccc3-c3ccccc3)oc2c1. The van der Waals surface area contributed by atoms with E-state index >= 15 is 0 Å². The van der Waals surface area contributed by atoms with Crippen molar-refractivity contribution < 1.29 is 17.6 Å². The molecule has 5 aromatic rings. The number of benzene rings is 4. The summed E-state index contributed by atoms with van der Waals surface area (Å²) in [4.78, 5) is 14.9. The molecular formula is C28H22N2O4S. The summed E-state index contributed by atoms with van der Waals surface area (Å²) in [5.74, 6) is -0.915. The fourth-order valence-electron chi connectivity index (χ4n) is 3.93. The number of amides is 1. The normalized spacial score (nSPS) is 11.3. The molecule has 4 aromatic carbocycles. The second kappa shape index (κ2) is 9.12. The highest BCUT2D eigenvalue weighted by Crippen LogP contribution is 2.30. The first kappa shape index (κ1) is 22.4. The van der Waals surface area contributed by atoms with Gasteiger partial charge in [-0.3, -0.25) is 4.79 Å². The van der Waals surface area contributed by atoms with Crippen LogP contribution in [-0.4, -0.2) is 21.4 Å². The number of fused-ring (bicyclic) bond motifs is 1. The standard InChI is InChI=1S/C28H22N2O4S/c1-30(22-12-6-3-7-13-22)23-17-16-21-18-26(34-25(21)19-23)28(31)29-35(32,33)27-15-9-8-14-24(27)20-10-4-2-5-11-20/h2-19H,1H3,(H,29,31). The van der Waals surface area contributed by atoms with Gasteiger partial charge < -0.3 is 9.32 Å². The Kier molecular flexibility index (Phi) is 5.84. The van der Waals surface area contributed by atoms with E-state index in [-0.39, 0.29) is 10.7 Å². The molecule has 1 amide bonds. The van der Waals surface area contributed by atoms with Crippen LogP contribution in [0.15, 0.2) is 119 Å². The molecule has 174 valence electrons. The van der Waals surface area contributed by atoms with Gasteiger partial charge >= 0.3 is 5.91 Å². The minimum atomic E-state index is -4.15. The molecule has 0 aliphatic heterocycles. The first-order valence-corrected chi connectivity index (χ1v) is 12.4. The lowest BCUT2D eigenvalue weighted by molar-refractivity contribution is 0.0956. The number of anilines is 2. The number of nitrogens with one attached hydrogen (secondary N) is 1. The summed E-state index contributed by atoms with van der Waals surface area (Å²) < 4.78 is 34.2. The first-order valence-electron chi connectivity index (χ1n) is 11.0. The van der Waals surface area contributed by atoms with E-state index < -0.39 is 15.9 Å². The zero-order valence-electron chi connectivity index (χ0n) is 18.9. The van der Waals surface area contributed by atoms with E-state index in [1.54, 1.807) is 18.2 Å². The minimum Gasteiger partial charge on any atom is -0.451 e. The van der Waals surface area contributed by atoms with Gasteiger partial charge in [-0.05, 0) is 42.0 Å². The van der Waals surface area contributed by atoms with Crippen LogP contribution < -0.4 is 9.62 Å². The summed E-state index contributed by atoms with van der Waals surface area (Å²) in [5.41, 5.74) is 3.60. The summed E-state index contributed by atoms with van der Waals surface area (Å²) in [6.07, 6.45) is 0. The largest absolute Gasteiger partial charge is 0.451 e. The maximum Gasteiger partial charge on any atom is 0.300 e. The molecule has 0 unspecified atom stereocenters. The molecule has 0 saturated heterocycles. The molecule has 6 nitrogen and oxygen atoms in total. The predicted octanol–water partition coefficient (Wildman–Crippen LogP) is 5.99. The molecule has 1 aromatic heterocycles. The van der Waals surface area contributed by atoms with Gasteiger partial charge in [0.05, 0.1) is 4.90 Å². The first-order chi connectivity index (χ1) is 16.9. The third-order valence-corrected chi connectivity index (χ3v) is 7.14. The summed E-state index contributed by atoms with van der Waals surface area (Å²) in [7, 11) is -2.21. The molecule has 0 radical (unpaired) electrons. The molecule has 0 spiro atoms. The number of furan rings is 1. The minimum absolute atomic E-state index is 0.0161. The van der Waals surface area contributed by atoms with Crippen molar-refractivity contribution in [2.45, 2.75) is 4.90 Å². The Morgan fingerprint density at radius 1 is 0.771 bits per heavy atom. The van der Waals surface area contributed by atoms with Gasteiger partial charge in [0.1, 0.15) is 5.58 Å². The Labute approximate surface area is 203 Å². The predicted molar refractivity (Wildman–Crippen MR) is 137 cm³/mol. The van der Waals surface area contributed by atoms with Crippen LogP contribution in [-0.2, 0) is 10.0 Å². The van der Waals surface area contributed by atoms with Gasteiger partial charge in [-0.2, -0.15) is 0 Å². The molecule has 0 bridgehead atoms. The maximum atomic E-state index is 13.1. The van der Waals surface area contributed by atoms with E-state index in [0.717, 1.165) is 16.9 Å². The van der Waals surface area contributed by atoms with Crippen molar-refractivity contribution in [3.8, 4) is 11.1 Å². The lowest BCUT2D eigenvalue weighted by Crippen LogP contribution is -2.30. The third kappa shape index (κ3) is 4.54. The van der Waals surface area contributed by atoms with E-state index in [2.05, 4.69) is 4.72 Å². The van der Waals surface area contributed by atoms with Crippen LogP contribution in [0.1, 0.15) is 10.6 Å².